The van der Waals surface area contributed by atoms with E-state index in [1.165, 1.54) is 38.5 Å². The summed E-state index contributed by atoms with van der Waals surface area (Å²) in [7, 11) is 0. The van der Waals surface area contributed by atoms with E-state index < -0.39 is 5.97 Å². The first kappa shape index (κ1) is 20.6. The summed E-state index contributed by atoms with van der Waals surface area (Å²) in [6.45, 7) is 1.82. The number of aromatic hydroxyl groups is 1. The van der Waals surface area contributed by atoms with E-state index in [2.05, 4.69) is 6.07 Å². The predicted octanol–water partition coefficient (Wildman–Crippen LogP) is 7.06. The van der Waals surface area contributed by atoms with Crippen molar-refractivity contribution in [1.29, 1.82) is 0 Å². The minimum atomic E-state index is -0.915. The maximum Gasteiger partial charge on any atom is 0.331 e. The minimum absolute atomic E-state index is 0.124. The molecule has 4 saturated carbocycles. The number of hydrogen-bond acceptors (Lipinski definition) is 2. The van der Waals surface area contributed by atoms with Gasteiger partial charge in [0, 0.05) is 16.2 Å². The molecule has 162 valence electrons. The number of carboxylic acid groups (broad SMARTS) is 1. The summed E-state index contributed by atoms with van der Waals surface area (Å²) in [4.78, 5) is 11.3. The van der Waals surface area contributed by atoms with Gasteiger partial charge in [-0.25, -0.2) is 4.79 Å². The lowest BCUT2D eigenvalue weighted by Crippen LogP contribution is -2.48. The topological polar surface area (TPSA) is 57.5 Å². The third-order valence-electron chi connectivity index (χ3n) is 7.93. The second-order valence-corrected chi connectivity index (χ2v) is 10.4. The molecule has 6 rings (SSSR count). The number of phenols is 1. The smallest absolute Gasteiger partial charge is 0.331 e. The van der Waals surface area contributed by atoms with Crippen LogP contribution in [0.15, 0.2) is 42.0 Å². The van der Waals surface area contributed by atoms with E-state index in [0.717, 1.165) is 34.4 Å². The van der Waals surface area contributed by atoms with Crippen LogP contribution < -0.4 is 0 Å². The predicted molar refractivity (Wildman–Crippen MR) is 124 cm³/mol. The molecule has 0 atom stereocenters. The lowest BCUT2D eigenvalue weighted by molar-refractivity contribution is -0.132. The van der Waals surface area contributed by atoms with Crippen molar-refractivity contribution in [1.82, 2.24) is 0 Å². The Labute approximate surface area is 188 Å². The Morgan fingerprint density at radius 1 is 1.03 bits per heavy atom. The molecule has 0 unspecified atom stereocenters. The van der Waals surface area contributed by atoms with Crippen LogP contribution in [0.1, 0.15) is 63.0 Å². The van der Waals surface area contributed by atoms with E-state index in [0.29, 0.717) is 28.3 Å². The zero-order valence-electron chi connectivity index (χ0n) is 17.9. The van der Waals surface area contributed by atoms with Crippen LogP contribution in [0.2, 0.25) is 5.02 Å². The van der Waals surface area contributed by atoms with Crippen LogP contribution in [0, 0.1) is 17.8 Å². The van der Waals surface area contributed by atoms with Gasteiger partial charge >= 0.3 is 5.97 Å². The van der Waals surface area contributed by atoms with Gasteiger partial charge in [0.25, 0.3) is 0 Å². The van der Waals surface area contributed by atoms with E-state index in [1.54, 1.807) is 6.08 Å². The fourth-order valence-corrected chi connectivity index (χ4v) is 7.14. The van der Waals surface area contributed by atoms with Gasteiger partial charge < -0.3 is 10.2 Å². The van der Waals surface area contributed by atoms with Crippen LogP contribution in [-0.4, -0.2) is 16.2 Å². The van der Waals surface area contributed by atoms with Gasteiger partial charge in [-0.3, -0.25) is 0 Å². The van der Waals surface area contributed by atoms with Crippen molar-refractivity contribution in [3.05, 3.63) is 58.1 Å². The molecule has 2 aromatic rings. The second kappa shape index (κ2) is 7.70. The van der Waals surface area contributed by atoms with Gasteiger partial charge in [0.05, 0.1) is 0 Å². The molecule has 31 heavy (non-hydrogen) atoms. The monoisotopic (exact) mass is 436 g/mol. The maximum atomic E-state index is 11.3. The normalized spacial score (nSPS) is 29.4. The van der Waals surface area contributed by atoms with E-state index in [1.807, 2.05) is 37.3 Å². The van der Waals surface area contributed by atoms with Crippen LogP contribution in [0.4, 0.5) is 0 Å². The Morgan fingerprint density at radius 2 is 1.61 bits per heavy atom. The highest BCUT2D eigenvalue weighted by Gasteiger charge is 2.52. The average Bonchev–Trinajstić information content (AvgIpc) is 2.72. The van der Waals surface area contributed by atoms with Crippen LogP contribution in [0.25, 0.3) is 17.2 Å². The number of rotatable bonds is 5. The van der Waals surface area contributed by atoms with Gasteiger partial charge in [-0.2, -0.15) is 0 Å². The number of carboxylic acids is 1. The zero-order chi connectivity index (χ0) is 21.8. The number of halogens is 1. The van der Waals surface area contributed by atoms with E-state index in [-0.39, 0.29) is 5.41 Å². The SMILES string of the molecule is CCC(=Cc1ccc(-c2ccc(O)c(C34CC5CC(CC(C5)C3)C4)c2)cc1Cl)C(=O)O. The molecule has 0 saturated heterocycles. The molecule has 0 spiro atoms. The molecule has 4 aliphatic rings. The van der Waals surface area contributed by atoms with Crippen molar-refractivity contribution in [3.63, 3.8) is 0 Å². The van der Waals surface area contributed by atoms with E-state index >= 15 is 0 Å². The Bertz CT molecular complexity index is 1030. The number of benzene rings is 2. The van der Waals surface area contributed by atoms with Gasteiger partial charge in [-0.15, -0.1) is 0 Å². The number of aliphatic carboxylic acids is 1. The van der Waals surface area contributed by atoms with Crippen molar-refractivity contribution >= 4 is 23.6 Å². The molecule has 0 radical (unpaired) electrons. The summed E-state index contributed by atoms with van der Waals surface area (Å²) in [5.74, 6) is 1.96. The minimum Gasteiger partial charge on any atom is -0.508 e. The maximum absolute atomic E-state index is 11.3. The quantitative estimate of drug-likeness (QED) is 0.493. The molecule has 0 amide bonds. The van der Waals surface area contributed by atoms with Crippen LogP contribution in [0.3, 0.4) is 0 Å². The van der Waals surface area contributed by atoms with Gasteiger partial charge in [-0.1, -0.05) is 36.7 Å². The highest BCUT2D eigenvalue weighted by molar-refractivity contribution is 6.32. The summed E-state index contributed by atoms with van der Waals surface area (Å²) in [6.07, 6.45) is 9.83. The zero-order valence-corrected chi connectivity index (χ0v) is 18.7. The standard InChI is InChI=1S/C27H29ClO3/c1-2-19(26(30)31)10-22-4-3-21(12-24(22)28)20-5-6-25(29)23(11-20)27-13-16-7-17(14-27)9-18(8-16)15-27/h3-6,10-12,16-18,29H,2,7-9,13-15H2,1H3,(H,30,31). The Morgan fingerprint density at radius 3 is 2.16 bits per heavy atom. The van der Waals surface area contributed by atoms with Gasteiger partial charge in [-0.05, 0) is 109 Å². The number of phenolic OH excluding ortho intramolecular Hbond substituents is 1. The summed E-state index contributed by atoms with van der Waals surface area (Å²) in [5.41, 5.74) is 4.33. The highest BCUT2D eigenvalue weighted by atomic mass is 35.5. The molecule has 4 fully saturated rings. The molecule has 4 heteroatoms. The van der Waals surface area contributed by atoms with Gasteiger partial charge in [0.15, 0.2) is 0 Å². The molecule has 4 bridgehead atoms. The Balaban J connectivity index is 1.50. The second-order valence-electron chi connectivity index (χ2n) is 9.99. The van der Waals surface area contributed by atoms with Crippen molar-refractivity contribution < 1.29 is 15.0 Å². The van der Waals surface area contributed by atoms with Crippen molar-refractivity contribution in [2.24, 2.45) is 17.8 Å². The van der Waals surface area contributed by atoms with Crippen molar-refractivity contribution in [2.75, 3.05) is 0 Å². The molecule has 2 aromatic carbocycles. The van der Waals surface area contributed by atoms with Gasteiger partial charge in [0.2, 0.25) is 0 Å². The van der Waals surface area contributed by atoms with Crippen LogP contribution in [0.5, 0.6) is 5.75 Å². The third kappa shape index (κ3) is 3.67. The lowest BCUT2D eigenvalue weighted by Gasteiger charge is -2.57. The third-order valence-corrected chi connectivity index (χ3v) is 8.25. The fourth-order valence-electron chi connectivity index (χ4n) is 6.91. The molecule has 4 aliphatic carbocycles. The summed E-state index contributed by atoms with van der Waals surface area (Å²) in [6, 6.07) is 11.7. The highest BCUT2D eigenvalue weighted by Crippen LogP contribution is 2.62. The van der Waals surface area contributed by atoms with E-state index in [9.17, 15) is 15.0 Å². The summed E-state index contributed by atoms with van der Waals surface area (Å²) < 4.78 is 0. The van der Waals surface area contributed by atoms with Gasteiger partial charge in [0.1, 0.15) is 5.75 Å². The molecular weight excluding hydrogens is 408 g/mol. The molecule has 3 nitrogen and oxygen atoms in total. The van der Waals surface area contributed by atoms with Crippen LogP contribution in [-0.2, 0) is 10.2 Å². The summed E-state index contributed by atoms with van der Waals surface area (Å²) in [5, 5.41) is 20.7. The number of hydrogen-bond donors (Lipinski definition) is 2. The molecule has 0 aromatic heterocycles. The molecule has 0 heterocycles. The Hall–Kier alpha value is -2.26. The fraction of sp³-hybridized carbons (Fsp3) is 0.444. The van der Waals surface area contributed by atoms with E-state index in [4.69, 9.17) is 11.6 Å². The van der Waals surface area contributed by atoms with Crippen molar-refractivity contribution in [2.45, 2.75) is 57.3 Å². The molecular formula is C27H29ClO3. The average molecular weight is 437 g/mol. The molecule has 0 aliphatic heterocycles. The Kier molecular flexibility index (Phi) is 5.13. The lowest BCUT2D eigenvalue weighted by atomic mass is 9.48. The number of carbonyl (C=O) groups is 1. The summed E-state index contributed by atoms with van der Waals surface area (Å²) >= 11 is 6.53. The first-order valence-corrected chi connectivity index (χ1v) is 11.8. The first-order chi connectivity index (χ1) is 14.9. The largest absolute Gasteiger partial charge is 0.508 e. The molecule has 2 N–H and O–H groups in total. The van der Waals surface area contributed by atoms with Crippen molar-refractivity contribution in [3.8, 4) is 16.9 Å². The first-order valence-electron chi connectivity index (χ1n) is 11.4. The van der Waals surface area contributed by atoms with Crippen LogP contribution >= 0.6 is 11.6 Å².